The minimum Gasteiger partial charge on any atom is -0.457 e. The molecule has 36 heavy (non-hydrogen) atoms. The summed E-state index contributed by atoms with van der Waals surface area (Å²) in [6, 6.07) is 0. The standard InChI is InChI=1S/C26H44O.C7H12O2/c1-5-6-7-10-18(2)20-12-13-21-24-22(14-16-26(20,21)4)25(3)15-9-8-11-19(25)17-23(24)27;1-5-6(8)9-7(2,3)4/h18-22,24H,5-17H2,1-4H3;5H,1H2,2-4H3/t18?,19?,20-,21+,22+,24+,25+,26-;/m1./s1. The number of rotatable bonds is 6. The van der Waals surface area contributed by atoms with Gasteiger partial charge in [0.05, 0.1) is 0 Å². The van der Waals surface area contributed by atoms with Gasteiger partial charge < -0.3 is 4.74 Å². The minimum absolute atomic E-state index is 0.373. The molecule has 4 aliphatic carbocycles. The van der Waals surface area contributed by atoms with E-state index in [0.717, 1.165) is 24.3 Å². The SMILES string of the molecule is C=CC(=O)OC(C)(C)C.CCCCCC(C)[C@H]1CC[C@H]2[C@@H]3C(=O)CC4CCCC[C@]4(C)[C@H]3CC[C@]12C. The third kappa shape index (κ3) is 6.12. The zero-order valence-electron chi connectivity index (χ0n) is 24.7. The van der Waals surface area contributed by atoms with Crippen LogP contribution >= 0.6 is 0 Å². The maximum atomic E-state index is 13.4. The van der Waals surface area contributed by atoms with Crippen LogP contribution in [0.2, 0.25) is 0 Å². The van der Waals surface area contributed by atoms with Crippen LogP contribution in [0.25, 0.3) is 0 Å². The number of hydrogen-bond donors (Lipinski definition) is 0. The predicted octanol–water partition coefficient (Wildman–Crippen LogP) is 8.94. The Kier molecular flexibility index (Phi) is 9.59. The van der Waals surface area contributed by atoms with Gasteiger partial charge in [-0.2, -0.15) is 0 Å². The fourth-order valence-corrected chi connectivity index (χ4v) is 9.20. The summed E-state index contributed by atoms with van der Waals surface area (Å²) in [5, 5.41) is 0. The quantitative estimate of drug-likeness (QED) is 0.208. The predicted molar refractivity (Wildman–Crippen MR) is 150 cm³/mol. The first-order chi connectivity index (χ1) is 16.9. The third-order valence-corrected chi connectivity index (χ3v) is 11.0. The van der Waals surface area contributed by atoms with Crippen LogP contribution in [0, 0.1) is 46.3 Å². The lowest BCUT2D eigenvalue weighted by atomic mass is 9.44. The highest BCUT2D eigenvalue weighted by molar-refractivity contribution is 5.83. The molecule has 0 amide bonds. The fourth-order valence-electron chi connectivity index (χ4n) is 9.20. The summed E-state index contributed by atoms with van der Waals surface area (Å²) in [5.74, 6) is 4.54. The molecule has 2 unspecified atom stereocenters. The lowest BCUT2D eigenvalue weighted by Gasteiger charge is -2.60. The molecular weight excluding hydrogens is 444 g/mol. The number of ether oxygens (including phenoxy) is 1. The highest BCUT2D eigenvalue weighted by atomic mass is 16.6. The number of esters is 1. The Morgan fingerprint density at radius 1 is 1.06 bits per heavy atom. The number of Topliss-reactive ketones (excluding diaryl/α,β-unsaturated/α-hetero) is 1. The van der Waals surface area contributed by atoms with Crippen molar-refractivity contribution in [1.82, 2.24) is 0 Å². The third-order valence-electron chi connectivity index (χ3n) is 11.0. The van der Waals surface area contributed by atoms with Gasteiger partial charge in [0.25, 0.3) is 0 Å². The summed E-state index contributed by atoms with van der Waals surface area (Å²) in [6.45, 7) is 18.7. The van der Waals surface area contributed by atoms with Gasteiger partial charge >= 0.3 is 5.97 Å². The summed E-state index contributed by atoms with van der Waals surface area (Å²) in [5.41, 5.74) is 0.522. The Balaban J connectivity index is 0.000000345. The maximum Gasteiger partial charge on any atom is 0.330 e. The summed E-state index contributed by atoms with van der Waals surface area (Å²) < 4.78 is 4.83. The number of carbonyl (C=O) groups excluding carboxylic acids is 2. The van der Waals surface area contributed by atoms with Crippen LogP contribution in [-0.4, -0.2) is 17.4 Å². The molecule has 0 N–H and O–H groups in total. The smallest absolute Gasteiger partial charge is 0.330 e. The molecule has 4 saturated carbocycles. The first-order valence-corrected chi connectivity index (χ1v) is 15.3. The topological polar surface area (TPSA) is 43.4 Å². The van der Waals surface area contributed by atoms with E-state index in [4.69, 9.17) is 4.74 Å². The molecule has 8 atom stereocenters. The molecule has 0 saturated heterocycles. The van der Waals surface area contributed by atoms with E-state index in [-0.39, 0.29) is 5.97 Å². The van der Waals surface area contributed by atoms with E-state index >= 15 is 0 Å². The van der Waals surface area contributed by atoms with Gasteiger partial charge in [-0.25, -0.2) is 4.79 Å². The van der Waals surface area contributed by atoms with E-state index in [1.54, 1.807) is 0 Å². The minimum atomic E-state index is -0.398. The molecule has 4 aliphatic rings. The monoisotopic (exact) mass is 500 g/mol. The van der Waals surface area contributed by atoms with E-state index in [0.29, 0.717) is 40.3 Å². The lowest BCUT2D eigenvalue weighted by Crippen LogP contribution is -2.56. The molecule has 0 bridgehead atoms. The summed E-state index contributed by atoms with van der Waals surface area (Å²) in [6.07, 6.45) is 18.6. The normalized spacial score (nSPS) is 38.5. The first-order valence-electron chi connectivity index (χ1n) is 15.3. The van der Waals surface area contributed by atoms with Crippen LogP contribution in [0.15, 0.2) is 12.7 Å². The Morgan fingerprint density at radius 3 is 2.36 bits per heavy atom. The molecular formula is C33H56O3. The van der Waals surface area contributed by atoms with Crippen molar-refractivity contribution in [2.75, 3.05) is 0 Å². The summed E-state index contributed by atoms with van der Waals surface area (Å²) >= 11 is 0. The molecule has 0 aromatic rings. The van der Waals surface area contributed by atoms with Gasteiger partial charge in [-0.1, -0.05) is 72.8 Å². The lowest BCUT2D eigenvalue weighted by molar-refractivity contribution is -0.156. The van der Waals surface area contributed by atoms with E-state index in [2.05, 4.69) is 34.3 Å². The van der Waals surface area contributed by atoms with Crippen molar-refractivity contribution >= 4 is 11.8 Å². The van der Waals surface area contributed by atoms with Gasteiger partial charge in [-0.15, -0.1) is 0 Å². The number of carbonyl (C=O) groups is 2. The van der Waals surface area contributed by atoms with Crippen molar-refractivity contribution in [3.8, 4) is 0 Å². The first kappa shape index (κ1) is 29.4. The van der Waals surface area contributed by atoms with Gasteiger partial charge in [0.2, 0.25) is 0 Å². The molecule has 0 spiro atoms. The van der Waals surface area contributed by atoms with Crippen molar-refractivity contribution in [1.29, 1.82) is 0 Å². The van der Waals surface area contributed by atoms with Crippen LogP contribution in [0.3, 0.4) is 0 Å². The maximum absolute atomic E-state index is 13.4. The van der Waals surface area contributed by atoms with Crippen molar-refractivity contribution in [2.24, 2.45) is 46.3 Å². The summed E-state index contributed by atoms with van der Waals surface area (Å²) in [4.78, 5) is 23.9. The van der Waals surface area contributed by atoms with Gasteiger partial charge in [0.15, 0.2) is 0 Å². The number of unbranched alkanes of at least 4 members (excludes halogenated alkanes) is 2. The second kappa shape index (κ2) is 11.7. The van der Waals surface area contributed by atoms with E-state index in [9.17, 15) is 9.59 Å². The molecule has 3 nitrogen and oxygen atoms in total. The van der Waals surface area contributed by atoms with Gasteiger partial charge in [0, 0.05) is 18.4 Å². The molecule has 0 aromatic carbocycles. The highest BCUT2D eigenvalue weighted by Crippen LogP contribution is 2.67. The molecule has 3 heteroatoms. The highest BCUT2D eigenvalue weighted by Gasteiger charge is 2.62. The van der Waals surface area contributed by atoms with Crippen molar-refractivity contribution in [2.45, 2.75) is 138 Å². The Morgan fingerprint density at radius 2 is 1.75 bits per heavy atom. The van der Waals surface area contributed by atoms with Gasteiger partial charge in [0.1, 0.15) is 11.4 Å². The second-order valence-electron chi connectivity index (χ2n) is 14.3. The largest absolute Gasteiger partial charge is 0.457 e. The molecule has 206 valence electrons. The van der Waals surface area contributed by atoms with Crippen LogP contribution in [0.5, 0.6) is 0 Å². The van der Waals surface area contributed by atoms with Gasteiger partial charge in [-0.05, 0) is 99.7 Å². The van der Waals surface area contributed by atoms with Crippen LogP contribution in [0.1, 0.15) is 132 Å². The average molecular weight is 501 g/mol. The number of hydrogen-bond acceptors (Lipinski definition) is 3. The average Bonchev–Trinajstić information content (AvgIpc) is 3.16. The summed E-state index contributed by atoms with van der Waals surface area (Å²) in [7, 11) is 0. The molecule has 0 aromatic heterocycles. The molecule has 0 aliphatic heterocycles. The van der Waals surface area contributed by atoms with Crippen molar-refractivity contribution in [3.05, 3.63) is 12.7 Å². The molecule has 4 rings (SSSR count). The zero-order valence-corrected chi connectivity index (χ0v) is 24.7. The second-order valence-corrected chi connectivity index (χ2v) is 14.3. The molecule has 4 fully saturated rings. The van der Waals surface area contributed by atoms with Crippen LogP contribution in [0.4, 0.5) is 0 Å². The fraction of sp³-hybridized carbons (Fsp3) is 0.879. The van der Waals surface area contributed by atoms with E-state index in [1.807, 2.05) is 20.8 Å². The Labute approximate surface area is 222 Å². The number of fused-ring (bicyclic) bond motifs is 5. The Bertz CT molecular complexity index is 778. The van der Waals surface area contributed by atoms with E-state index in [1.165, 1.54) is 77.0 Å². The Hall–Kier alpha value is -1.12. The molecule has 0 heterocycles. The van der Waals surface area contributed by atoms with Crippen LogP contribution in [-0.2, 0) is 14.3 Å². The zero-order chi connectivity index (χ0) is 26.7. The van der Waals surface area contributed by atoms with Crippen molar-refractivity contribution in [3.63, 3.8) is 0 Å². The van der Waals surface area contributed by atoms with E-state index < -0.39 is 5.60 Å². The van der Waals surface area contributed by atoms with Gasteiger partial charge in [-0.3, -0.25) is 4.79 Å². The van der Waals surface area contributed by atoms with Crippen molar-refractivity contribution < 1.29 is 14.3 Å². The van der Waals surface area contributed by atoms with Crippen LogP contribution < -0.4 is 0 Å². The molecule has 0 radical (unpaired) electrons. The number of ketones is 1.